The van der Waals surface area contributed by atoms with Crippen LogP contribution in [0.4, 0.5) is 4.39 Å². The van der Waals surface area contributed by atoms with Crippen LogP contribution in [0.1, 0.15) is 25.8 Å². The first-order valence-electron chi connectivity index (χ1n) is 5.01. The Bertz CT molecular complexity index is 363. The normalized spacial score (nSPS) is 12.5. The maximum Gasteiger partial charge on any atom is 0.135 e. The van der Waals surface area contributed by atoms with Crippen LogP contribution in [0.25, 0.3) is 0 Å². The molecular weight excluding hydrogens is 259 g/mol. The second kappa shape index (κ2) is 5.40. The average molecular weight is 273 g/mol. The Labute approximate surface area is 97.8 Å². The number of hydrogen-bond donors (Lipinski definition) is 0. The van der Waals surface area contributed by atoms with Crippen molar-refractivity contribution in [1.29, 1.82) is 0 Å². The third-order valence-corrected chi connectivity index (χ3v) is 2.93. The minimum atomic E-state index is -0.250. The van der Waals surface area contributed by atoms with Crippen LogP contribution < -0.4 is 0 Å². The van der Waals surface area contributed by atoms with Gasteiger partial charge in [0.15, 0.2) is 0 Å². The van der Waals surface area contributed by atoms with Crippen molar-refractivity contribution in [3.8, 4) is 0 Å². The van der Waals surface area contributed by atoms with Gasteiger partial charge in [-0.2, -0.15) is 0 Å². The summed E-state index contributed by atoms with van der Waals surface area (Å²) in [4.78, 5) is 11.4. The Balaban J connectivity index is 2.76. The van der Waals surface area contributed by atoms with E-state index in [1.807, 2.05) is 13.8 Å². The number of rotatable bonds is 4. The second-order valence-corrected chi connectivity index (χ2v) is 4.58. The largest absolute Gasteiger partial charge is 0.299 e. The van der Waals surface area contributed by atoms with Gasteiger partial charge in [-0.15, -0.1) is 0 Å². The van der Waals surface area contributed by atoms with E-state index in [1.165, 1.54) is 6.07 Å². The molecule has 82 valence electrons. The molecule has 1 rings (SSSR count). The Morgan fingerprint density at radius 3 is 2.73 bits per heavy atom. The number of Topliss-reactive ketones (excluding diaryl/α,β-unsaturated/α-hetero) is 1. The van der Waals surface area contributed by atoms with E-state index in [-0.39, 0.29) is 17.5 Å². The van der Waals surface area contributed by atoms with Crippen LogP contribution in [-0.4, -0.2) is 5.78 Å². The first-order valence-corrected chi connectivity index (χ1v) is 5.80. The van der Waals surface area contributed by atoms with Crippen LogP contribution in [0, 0.1) is 11.7 Å². The van der Waals surface area contributed by atoms with Gasteiger partial charge < -0.3 is 0 Å². The molecule has 0 aromatic heterocycles. The fourth-order valence-corrected chi connectivity index (χ4v) is 1.81. The molecule has 1 nitrogen and oxygen atoms in total. The smallest absolute Gasteiger partial charge is 0.135 e. The first kappa shape index (κ1) is 12.4. The van der Waals surface area contributed by atoms with Gasteiger partial charge in [-0.25, -0.2) is 4.39 Å². The highest BCUT2D eigenvalue weighted by Gasteiger charge is 2.13. The Kier molecular flexibility index (Phi) is 4.45. The summed E-state index contributed by atoms with van der Waals surface area (Å²) in [5.74, 6) is -0.178. The maximum absolute atomic E-state index is 13.4. The summed E-state index contributed by atoms with van der Waals surface area (Å²) in [5.41, 5.74) is 0.604. The van der Waals surface area contributed by atoms with Crippen molar-refractivity contribution < 1.29 is 9.18 Å². The third-order valence-electron chi connectivity index (χ3n) is 2.44. The van der Waals surface area contributed by atoms with Gasteiger partial charge in [-0.1, -0.05) is 35.8 Å². The molecule has 0 aliphatic heterocycles. The summed E-state index contributed by atoms with van der Waals surface area (Å²) in [7, 11) is 0. The summed E-state index contributed by atoms with van der Waals surface area (Å²) < 4.78 is 14.2. The third kappa shape index (κ3) is 3.42. The second-order valence-electron chi connectivity index (χ2n) is 3.66. The molecule has 0 aliphatic rings. The maximum atomic E-state index is 13.4. The molecule has 3 heteroatoms. The molecule has 1 aromatic carbocycles. The quantitative estimate of drug-likeness (QED) is 0.816. The van der Waals surface area contributed by atoms with Gasteiger partial charge in [0.25, 0.3) is 0 Å². The van der Waals surface area contributed by atoms with E-state index in [1.54, 1.807) is 12.1 Å². The lowest BCUT2D eigenvalue weighted by Crippen LogP contribution is -2.13. The Hall–Kier alpha value is -0.700. The summed E-state index contributed by atoms with van der Waals surface area (Å²) in [5, 5.41) is 0. The van der Waals surface area contributed by atoms with Crippen molar-refractivity contribution in [1.82, 2.24) is 0 Å². The average Bonchev–Trinajstić information content (AvgIpc) is 2.20. The van der Waals surface area contributed by atoms with Crippen molar-refractivity contribution in [3.63, 3.8) is 0 Å². The number of ketones is 1. The van der Waals surface area contributed by atoms with Crippen LogP contribution in [0.3, 0.4) is 0 Å². The van der Waals surface area contributed by atoms with E-state index in [2.05, 4.69) is 15.9 Å². The SMILES string of the molecule is CCC(=O)C(C)Cc1ccc(Br)cc1F. The van der Waals surface area contributed by atoms with Gasteiger partial charge in [0.1, 0.15) is 11.6 Å². The highest BCUT2D eigenvalue weighted by atomic mass is 79.9. The topological polar surface area (TPSA) is 17.1 Å². The predicted octanol–water partition coefficient (Wildman–Crippen LogP) is 3.75. The highest BCUT2D eigenvalue weighted by molar-refractivity contribution is 9.10. The van der Waals surface area contributed by atoms with Crippen LogP contribution >= 0.6 is 15.9 Å². The predicted molar refractivity (Wildman–Crippen MR) is 62.3 cm³/mol. The molecule has 0 aliphatic carbocycles. The van der Waals surface area contributed by atoms with Crippen molar-refractivity contribution in [2.75, 3.05) is 0 Å². The fraction of sp³-hybridized carbons (Fsp3) is 0.417. The zero-order valence-corrected chi connectivity index (χ0v) is 10.5. The van der Waals surface area contributed by atoms with Crippen molar-refractivity contribution >= 4 is 21.7 Å². The highest BCUT2D eigenvalue weighted by Crippen LogP contribution is 2.18. The molecule has 0 saturated carbocycles. The fourth-order valence-electron chi connectivity index (χ4n) is 1.48. The van der Waals surface area contributed by atoms with E-state index in [9.17, 15) is 9.18 Å². The minimum Gasteiger partial charge on any atom is -0.299 e. The summed E-state index contributed by atoms with van der Waals surface area (Å²) >= 11 is 3.20. The molecule has 0 spiro atoms. The summed E-state index contributed by atoms with van der Waals surface area (Å²) in [6.45, 7) is 3.67. The standard InChI is InChI=1S/C12H14BrFO/c1-3-12(15)8(2)6-9-4-5-10(13)7-11(9)14/h4-5,7-8H,3,6H2,1-2H3. The molecule has 0 heterocycles. The lowest BCUT2D eigenvalue weighted by Gasteiger charge is -2.09. The Morgan fingerprint density at radius 2 is 2.20 bits per heavy atom. The van der Waals surface area contributed by atoms with Crippen molar-refractivity contribution in [2.45, 2.75) is 26.7 Å². The van der Waals surface area contributed by atoms with Gasteiger partial charge in [-0.3, -0.25) is 4.79 Å². The summed E-state index contributed by atoms with van der Waals surface area (Å²) in [6, 6.07) is 4.94. The van der Waals surface area contributed by atoms with E-state index in [0.717, 1.165) is 4.47 Å². The number of hydrogen-bond acceptors (Lipinski definition) is 1. The molecule has 1 unspecified atom stereocenters. The summed E-state index contributed by atoms with van der Waals surface area (Å²) in [6.07, 6.45) is 0.991. The zero-order chi connectivity index (χ0) is 11.4. The molecule has 1 aromatic rings. The molecule has 1 atom stereocenters. The first-order chi connectivity index (χ1) is 7.04. The van der Waals surface area contributed by atoms with Gasteiger partial charge in [0.2, 0.25) is 0 Å². The Morgan fingerprint density at radius 1 is 1.53 bits per heavy atom. The number of halogens is 2. The van der Waals surface area contributed by atoms with Gasteiger partial charge in [0.05, 0.1) is 0 Å². The monoisotopic (exact) mass is 272 g/mol. The number of carbonyl (C=O) groups excluding carboxylic acids is 1. The van der Waals surface area contributed by atoms with Crippen molar-refractivity contribution in [2.24, 2.45) is 5.92 Å². The van der Waals surface area contributed by atoms with Crippen LogP contribution in [0.5, 0.6) is 0 Å². The molecule has 0 fully saturated rings. The van der Waals surface area contributed by atoms with E-state index >= 15 is 0 Å². The molecule has 0 radical (unpaired) electrons. The van der Waals surface area contributed by atoms with E-state index in [4.69, 9.17) is 0 Å². The molecule has 15 heavy (non-hydrogen) atoms. The van der Waals surface area contributed by atoms with E-state index in [0.29, 0.717) is 18.4 Å². The number of carbonyl (C=O) groups is 1. The molecule has 0 N–H and O–H groups in total. The molecule has 0 saturated heterocycles. The van der Waals surface area contributed by atoms with Gasteiger partial charge >= 0.3 is 0 Å². The molecular formula is C12H14BrFO. The lowest BCUT2D eigenvalue weighted by molar-refractivity contribution is -0.122. The van der Waals surface area contributed by atoms with Crippen LogP contribution in [0.2, 0.25) is 0 Å². The van der Waals surface area contributed by atoms with Gasteiger partial charge in [0, 0.05) is 16.8 Å². The molecule has 0 amide bonds. The van der Waals surface area contributed by atoms with E-state index < -0.39 is 0 Å². The minimum absolute atomic E-state index is 0.106. The van der Waals surface area contributed by atoms with Gasteiger partial charge in [-0.05, 0) is 24.1 Å². The number of benzene rings is 1. The van der Waals surface area contributed by atoms with Crippen molar-refractivity contribution in [3.05, 3.63) is 34.1 Å². The molecule has 0 bridgehead atoms. The van der Waals surface area contributed by atoms with Crippen LogP contribution in [0.15, 0.2) is 22.7 Å². The lowest BCUT2D eigenvalue weighted by atomic mass is 9.95. The zero-order valence-electron chi connectivity index (χ0n) is 8.89. The van der Waals surface area contributed by atoms with Crippen LogP contribution in [-0.2, 0) is 11.2 Å².